The van der Waals surface area contributed by atoms with E-state index >= 15 is 0 Å². The van der Waals surface area contributed by atoms with Crippen molar-refractivity contribution < 1.29 is 19.4 Å². The topological polar surface area (TPSA) is 79.5 Å². The van der Waals surface area contributed by atoms with Crippen LogP contribution in [0, 0.1) is 5.82 Å². The van der Waals surface area contributed by atoms with Crippen molar-refractivity contribution in [2.24, 2.45) is 0 Å². The van der Waals surface area contributed by atoms with Crippen LogP contribution >= 0.6 is 0 Å². The number of pyridine rings is 1. The number of halogens is 1. The largest absolute Gasteiger partial charge is 0.503 e. The van der Waals surface area contributed by atoms with Gasteiger partial charge in [0.15, 0.2) is 5.75 Å². The van der Waals surface area contributed by atoms with Crippen LogP contribution in [-0.2, 0) is 12.0 Å². The highest BCUT2D eigenvalue weighted by Crippen LogP contribution is 2.32. The summed E-state index contributed by atoms with van der Waals surface area (Å²) in [5.41, 5.74) is -0.865. The second-order valence-electron chi connectivity index (χ2n) is 6.53. The van der Waals surface area contributed by atoms with Crippen LogP contribution in [-0.4, -0.2) is 20.7 Å². The molecule has 0 aliphatic rings. The lowest BCUT2D eigenvalue weighted by Gasteiger charge is -2.31. The number of hydrogen-bond acceptors (Lipinski definition) is 3. The van der Waals surface area contributed by atoms with Crippen molar-refractivity contribution in [1.82, 2.24) is 4.57 Å². The fraction of sp³-hybridized carbons (Fsp3) is 0.368. The van der Waals surface area contributed by atoms with Gasteiger partial charge >= 0.3 is 5.97 Å². The molecule has 1 aromatic carbocycles. The molecule has 1 atom stereocenters. The Morgan fingerprint density at radius 3 is 2.44 bits per heavy atom. The van der Waals surface area contributed by atoms with Crippen LogP contribution in [0.5, 0.6) is 5.75 Å². The Hall–Kier alpha value is -2.63. The lowest BCUT2D eigenvalue weighted by atomic mass is 9.78. The van der Waals surface area contributed by atoms with Gasteiger partial charge in [0.25, 0.3) is 0 Å². The number of aromatic carboxylic acids is 1. The zero-order valence-electron chi connectivity index (χ0n) is 14.3. The highest BCUT2D eigenvalue weighted by molar-refractivity contribution is 5.87. The minimum absolute atomic E-state index is 0.323. The summed E-state index contributed by atoms with van der Waals surface area (Å²) in [7, 11) is 0. The van der Waals surface area contributed by atoms with Gasteiger partial charge in [0.05, 0.1) is 0 Å². The normalized spacial score (nSPS) is 13.4. The lowest BCUT2D eigenvalue weighted by Crippen LogP contribution is -2.29. The van der Waals surface area contributed by atoms with E-state index in [0.717, 1.165) is 24.8 Å². The molecule has 2 N–H and O–H groups in total. The van der Waals surface area contributed by atoms with Crippen LogP contribution in [0.1, 0.15) is 49.0 Å². The maximum atomic E-state index is 13.3. The Morgan fingerprint density at radius 1 is 1.24 bits per heavy atom. The fourth-order valence-electron chi connectivity index (χ4n) is 3.00. The molecule has 1 heterocycles. The van der Waals surface area contributed by atoms with E-state index in [4.69, 9.17) is 5.11 Å². The molecule has 1 unspecified atom stereocenters. The van der Waals surface area contributed by atoms with Crippen molar-refractivity contribution in [1.29, 1.82) is 0 Å². The van der Waals surface area contributed by atoms with Gasteiger partial charge in [-0.05, 0) is 24.1 Å². The number of aromatic nitrogens is 1. The third kappa shape index (κ3) is 4.26. The van der Waals surface area contributed by atoms with Crippen molar-refractivity contribution in [3.8, 4) is 5.75 Å². The number of nitrogens with zero attached hydrogens (tertiary/aromatic N) is 1. The van der Waals surface area contributed by atoms with E-state index in [9.17, 15) is 19.1 Å². The number of aromatic hydroxyl groups is 1. The maximum Gasteiger partial charge on any atom is 0.341 e. The molecule has 0 bridgehead atoms. The molecule has 0 amide bonds. The number of rotatable bonds is 7. The van der Waals surface area contributed by atoms with Gasteiger partial charge in [-0.1, -0.05) is 38.8 Å². The van der Waals surface area contributed by atoms with Crippen molar-refractivity contribution >= 4 is 5.97 Å². The number of carbonyl (C=O) groups is 1. The Morgan fingerprint density at radius 2 is 1.88 bits per heavy atom. The molecule has 0 fully saturated rings. The van der Waals surface area contributed by atoms with Crippen LogP contribution in [0.3, 0.4) is 0 Å². The molecule has 2 aromatic rings. The number of hydrogen-bond donors (Lipinski definition) is 2. The molecule has 0 aliphatic heterocycles. The summed E-state index contributed by atoms with van der Waals surface area (Å²) in [6, 6.07) is 6.22. The van der Waals surface area contributed by atoms with Crippen LogP contribution in [0.4, 0.5) is 4.39 Å². The molecule has 1 aromatic heterocycles. The Balaban J connectivity index is 2.45. The minimum atomic E-state index is -1.38. The molecular formula is C19H22FNO4. The predicted molar refractivity (Wildman–Crippen MR) is 92.6 cm³/mol. The molecule has 0 spiro atoms. The smallest absolute Gasteiger partial charge is 0.341 e. The first-order valence-corrected chi connectivity index (χ1v) is 8.19. The van der Waals surface area contributed by atoms with E-state index in [0.29, 0.717) is 6.54 Å². The molecule has 2 rings (SSSR count). The standard InChI is InChI=1S/C19H22FNO4/c1-3-4-9-19(2,13-5-7-14(20)8-6-13)12-21-10-15(18(24)25)17(23)16(22)11-21/h5-8,10-11,22H,3-4,9,12H2,1-2H3,(H,24,25). The first-order chi connectivity index (χ1) is 11.8. The van der Waals surface area contributed by atoms with Crippen molar-refractivity contribution in [3.05, 3.63) is 63.8 Å². The molecule has 0 radical (unpaired) electrons. The molecule has 0 saturated carbocycles. The zero-order valence-corrected chi connectivity index (χ0v) is 14.3. The van der Waals surface area contributed by atoms with Crippen LogP contribution in [0.2, 0.25) is 0 Å². The van der Waals surface area contributed by atoms with Gasteiger partial charge in [0.2, 0.25) is 5.43 Å². The summed E-state index contributed by atoms with van der Waals surface area (Å²) in [6.07, 6.45) is 5.18. The van der Waals surface area contributed by atoms with Crippen LogP contribution in [0.15, 0.2) is 41.5 Å². The number of benzene rings is 1. The third-order valence-electron chi connectivity index (χ3n) is 4.45. The van der Waals surface area contributed by atoms with Crippen molar-refractivity contribution in [2.45, 2.75) is 45.1 Å². The second kappa shape index (κ2) is 7.51. The van der Waals surface area contributed by atoms with E-state index in [1.165, 1.54) is 29.1 Å². The molecule has 25 heavy (non-hydrogen) atoms. The highest BCUT2D eigenvalue weighted by atomic mass is 19.1. The monoisotopic (exact) mass is 347 g/mol. The van der Waals surface area contributed by atoms with E-state index < -0.39 is 28.1 Å². The maximum absolute atomic E-state index is 13.3. The molecular weight excluding hydrogens is 325 g/mol. The molecule has 134 valence electrons. The van der Waals surface area contributed by atoms with Gasteiger partial charge in [-0.2, -0.15) is 0 Å². The summed E-state index contributed by atoms with van der Waals surface area (Å²) in [4.78, 5) is 22.9. The average molecular weight is 347 g/mol. The zero-order chi connectivity index (χ0) is 18.6. The van der Waals surface area contributed by atoms with Gasteiger partial charge in [-0.3, -0.25) is 4.79 Å². The summed E-state index contributed by atoms with van der Waals surface area (Å²) in [6.45, 7) is 4.43. The molecule has 5 nitrogen and oxygen atoms in total. The lowest BCUT2D eigenvalue weighted by molar-refractivity contribution is 0.0693. The van der Waals surface area contributed by atoms with Gasteiger partial charge in [0, 0.05) is 24.4 Å². The SMILES string of the molecule is CCCCC(C)(Cn1cc(O)c(=O)c(C(=O)O)c1)c1ccc(F)cc1. The molecule has 0 aliphatic carbocycles. The Bertz CT molecular complexity index is 813. The van der Waals surface area contributed by atoms with Crippen LogP contribution in [0.25, 0.3) is 0 Å². The van der Waals surface area contributed by atoms with Gasteiger partial charge in [-0.15, -0.1) is 0 Å². The van der Waals surface area contributed by atoms with Crippen LogP contribution < -0.4 is 5.43 Å². The molecule has 6 heteroatoms. The van der Waals surface area contributed by atoms with E-state index in [1.54, 1.807) is 12.1 Å². The van der Waals surface area contributed by atoms with E-state index in [2.05, 4.69) is 6.92 Å². The minimum Gasteiger partial charge on any atom is -0.503 e. The summed E-state index contributed by atoms with van der Waals surface area (Å²) < 4.78 is 14.8. The van der Waals surface area contributed by atoms with Gasteiger partial charge < -0.3 is 14.8 Å². The first-order valence-electron chi connectivity index (χ1n) is 8.19. The van der Waals surface area contributed by atoms with Crippen molar-refractivity contribution in [3.63, 3.8) is 0 Å². The second-order valence-corrected chi connectivity index (χ2v) is 6.53. The summed E-state index contributed by atoms with van der Waals surface area (Å²) >= 11 is 0. The predicted octanol–water partition coefficient (Wildman–Crippen LogP) is 3.54. The van der Waals surface area contributed by atoms with E-state index in [-0.39, 0.29) is 5.82 Å². The van der Waals surface area contributed by atoms with Gasteiger partial charge in [0.1, 0.15) is 11.4 Å². The third-order valence-corrected chi connectivity index (χ3v) is 4.45. The number of carboxylic acid groups (broad SMARTS) is 1. The fourth-order valence-corrected chi connectivity index (χ4v) is 3.00. The quantitative estimate of drug-likeness (QED) is 0.803. The first kappa shape index (κ1) is 18.7. The van der Waals surface area contributed by atoms with Crippen molar-refractivity contribution in [2.75, 3.05) is 0 Å². The molecule has 0 saturated heterocycles. The highest BCUT2D eigenvalue weighted by Gasteiger charge is 2.27. The summed E-state index contributed by atoms with van der Waals surface area (Å²) in [5.74, 6) is -2.31. The van der Waals surface area contributed by atoms with Gasteiger partial charge in [-0.25, -0.2) is 9.18 Å². The average Bonchev–Trinajstić information content (AvgIpc) is 2.56. The Kier molecular flexibility index (Phi) is 5.62. The number of unbranched alkanes of at least 4 members (excludes halogenated alkanes) is 1. The number of carboxylic acids is 1. The summed E-state index contributed by atoms with van der Waals surface area (Å²) in [5, 5.41) is 18.9. The Labute approximate surface area is 145 Å². The van der Waals surface area contributed by atoms with E-state index in [1.807, 2.05) is 6.92 Å².